The fraction of sp³-hybridized carbons (Fsp3) is 0.235. The first-order valence-electron chi connectivity index (χ1n) is 6.72. The number of ether oxygens (including phenoxy) is 1. The molecule has 3 nitrogen and oxygen atoms in total. The molecule has 0 aliphatic heterocycles. The summed E-state index contributed by atoms with van der Waals surface area (Å²) in [5, 5.41) is 3.50. The van der Waals surface area contributed by atoms with Crippen molar-refractivity contribution in [1.82, 2.24) is 0 Å². The number of rotatable bonds is 4. The van der Waals surface area contributed by atoms with Crippen LogP contribution in [-0.4, -0.2) is 12.5 Å². The summed E-state index contributed by atoms with van der Waals surface area (Å²) < 4.78 is 5.46. The van der Waals surface area contributed by atoms with Crippen molar-refractivity contribution in [3.05, 3.63) is 58.1 Å². The average molecular weight is 304 g/mol. The van der Waals surface area contributed by atoms with Gasteiger partial charge < -0.3 is 10.1 Å². The summed E-state index contributed by atoms with van der Waals surface area (Å²) in [7, 11) is 0. The van der Waals surface area contributed by atoms with Gasteiger partial charge >= 0.3 is 0 Å². The first kappa shape index (κ1) is 15.4. The van der Waals surface area contributed by atoms with Crippen molar-refractivity contribution >= 4 is 23.2 Å². The lowest BCUT2D eigenvalue weighted by Crippen LogP contribution is -2.20. The molecule has 0 saturated carbocycles. The van der Waals surface area contributed by atoms with Crippen molar-refractivity contribution in [3.8, 4) is 5.75 Å². The Bertz CT molecular complexity index is 668. The van der Waals surface area contributed by atoms with Gasteiger partial charge in [-0.05, 0) is 67.8 Å². The van der Waals surface area contributed by atoms with Crippen LogP contribution >= 0.6 is 11.6 Å². The number of nitrogens with one attached hydrogen (secondary N) is 1. The van der Waals surface area contributed by atoms with Crippen molar-refractivity contribution in [2.45, 2.75) is 20.8 Å². The third-order valence-electron chi connectivity index (χ3n) is 3.29. The fourth-order valence-electron chi connectivity index (χ4n) is 1.87. The third-order valence-corrected chi connectivity index (χ3v) is 3.71. The number of halogens is 1. The predicted octanol–water partition coefficient (Wildman–Crippen LogP) is 4.28. The second kappa shape index (κ2) is 6.64. The molecule has 0 heterocycles. The Morgan fingerprint density at radius 3 is 2.48 bits per heavy atom. The smallest absolute Gasteiger partial charge is 0.262 e. The molecule has 0 fully saturated rings. The highest BCUT2D eigenvalue weighted by Crippen LogP contribution is 2.21. The van der Waals surface area contributed by atoms with E-state index in [0.29, 0.717) is 10.8 Å². The Hall–Kier alpha value is -2.00. The van der Waals surface area contributed by atoms with Gasteiger partial charge in [0.25, 0.3) is 5.91 Å². The SMILES string of the molecule is Cc1ccc(NC(=O)COc2ccc(Cl)c(C)c2)cc1C. The lowest BCUT2D eigenvalue weighted by Gasteiger charge is -2.10. The Morgan fingerprint density at radius 1 is 1.05 bits per heavy atom. The molecule has 1 amide bonds. The standard InChI is InChI=1S/C17H18ClNO2/c1-11-4-5-14(8-12(11)2)19-17(20)10-21-15-6-7-16(18)13(3)9-15/h4-9H,10H2,1-3H3,(H,19,20). The van der Waals surface area contributed by atoms with Crippen LogP contribution in [0.3, 0.4) is 0 Å². The molecule has 0 aliphatic carbocycles. The Kier molecular flexibility index (Phi) is 4.86. The summed E-state index contributed by atoms with van der Waals surface area (Å²) in [4.78, 5) is 11.9. The summed E-state index contributed by atoms with van der Waals surface area (Å²) in [6.45, 7) is 5.91. The van der Waals surface area contributed by atoms with Gasteiger partial charge in [-0.3, -0.25) is 4.79 Å². The molecule has 0 radical (unpaired) electrons. The molecule has 110 valence electrons. The van der Waals surface area contributed by atoms with E-state index in [1.165, 1.54) is 5.56 Å². The van der Waals surface area contributed by atoms with Crippen LogP contribution in [0.1, 0.15) is 16.7 Å². The molecule has 2 rings (SSSR count). The highest BCUT2D eigenvalue weighted by Gasteiger charge is 2.05. The first-order chi connectivity index (χ1) is 9.95. The van der Waals surface area contributed by atoms with Gasteiger partial charge in [0.15, 0.2) is 6.61 Å². The number of hydrogen-bond donors (Lipinski definition) is 1. The molecular formula is C17H18ClNO2. The number of carbonyl (C=O) groups is 1. The van der Waals surface area contributed by atoms with Crippen molar-refractivity contribution in [2.24, 2.45) is 0 Å². The van der Waals surface area contributed by atoms with E-state index in [1.807, 2.05) is 45.0 Å². The summed E-state index contributed by atoms with van der Waals surface area (Å²) >= 11 is 5.94. The highest BCUT2D eigenvalue weighted by molar-refractivity contribution is 6.31. The largest absolute Gasteiger partial charge is 0.484 e. The zero-order valence-electron chi connectivity index (χ0n) is 12.4. The maximum Gasteiger partial charge on any atom is 0.262 e. The van der Waals surface area contributed by atoms with Gasteiger partial charge in [-0.1, -0.05) is 17.7 Å². The van der Waals surface area contributed by atoms with Crippen LogP contribution in [0, 0.1) is 20.8 Å². The second-order valence-electron chi connectivity index (χ2n) is 5.05. The average Bonchev–Trinajstić information content (AvgIpc) is 2.44. The number of hydrogen-bond acceptors (Lipinski definition) is 2. The number of amides is 1. The van der Waals surface area contributed by atoms with Crippen LogP contribution in [0.2, 0.25) is 5.02 Å². The molecule has 2 aromatic rings. The van der Waals surface area contributed by atoms with E-state index in [4.69, 9.17) is 16.3 Å². The van der Waals surface area contributed by atoms with E-state index in [1.54, 1.807) is 12.1 Å². The van der Waals surface area contributed by atoms with E-state index in [-0.39, 0.29) is 12.5 Å². The summed E-state index contributed by atoms with van der Waals surface area (Å²) in [6.07, 6.45) is 0. The monoisotopic (exact) mass is 303 g/mol. The molecule has 0 bridgehead atoms. The highest BCUT2D eigenvalue weighted by atomic mass is 35.5. The van der Waals surface area contributed by atoms with E-state index in [2.05, 4.69) is 5.32 Å². The maximum atomic E-state index is 11.9. The van der Waals surface area contributed by atoms with Crippen LogP contribution in [0.5, 0.6) is 5.75 Å². The Labute approximate surface area is 129 Å². The van der Waals surface area contributed by atoms with E-state index in [0.717, 1.165) is 16.8 Å². The third kappa shape index (κ3) is 4.23. The van der Waals surface area contributed by atoms with Crippen LogP contribution in [-0.2, 0) is 4.79 Å². The summed E-state index contributed by atoms with van der Waals surface area (Å²) in [5.41, 5.74) is 4.03. The summed E-state index contributed by atoms with van der Waals surface area (Å²) in [6, 6.07) is 11.1. The number of anilines is 1. The van der Waals surface area contributed by atoms with Gasteiger partial charge in [-0.25, -0.2) is 0 Å². The molecule has 21 heavy (non-hydrogen) atoms. The van der Waals surface area contributed by atoms with Crippen molar-refractivity contribution in [1.29, 1.82) is 0 Å². The van der Waals surface area contributed by atoms with Gasteiger partial charge in [0.05, 0.1) is 0 Å². The minimum Gasteiger partial charge on any atom is -0.484 e. The van der Waals surface area contributed by atoms with E-state index >= 15 is 0 Å². The zero-order valence-corrected chi connectivity index (χ0v) is 13.1. The fourth-order valence-corrected chi connectivity index (χ4v) is 1.99. The summed E-state index contributed by atoms with van der Waals surface area (Å²) in [5.74, 6) is 0.443. The molecule has 0 unspecified atom stereocenters. The molecule has 1 N–H and O–H groups in total. The van der Waals surface area contributed by atoms with Crippen LogP contribution < -0.4 is 10.1 Å². The first-order valence-corrected chi connectivity index (χ1v) is 7.09. The lowest BCUT2D eigenvalue weighted by molar-refractivity contribution is -0.118. The molecule has 0 aliphatic rings. The normalized spacial score (nSPS) is 10.3. The van der Waals surface area contributed by atoms with Gasteiger partial charge in [0, 0.05) is 10.7 Å². The Morgan fingerprint density at radius 2 is 1.81 bits per heavy atom. The number of carbonyl (C=O) groups excluding carboxylic acids is 1. The van der Waals surface area contributed by atoms with Crippen molar-refractivity contribution in [2.75, 3.05) is 11.9 Å². The molecular weight excluding hydrogens is 286 g/mol. The topological polar surface area (TPSA) is 38.3 Å². The van der Waals surface area contributed by atoms with Gasteiger partial charge in [-0.2, -0.15) is 0 Å². The minimum absolute atomic E-state index is 0.0337. The molecule has 2 aromatic carbocycles. The van der Waals surface area contributed by atoms with Gasteiger partial charge in [0.1, 0.15) is 5.75 Å². The van der Waals surface area contributed by atoms with Crippen molar-refractivity contribution in [3.63, 3.8) is 0 Å². The second-order valence-corrected chi connectivity index (χ2v) is 5.45. The van der Waals surface area contributed by atoms with Crippen LogP contribution in [0.4, 0.5) is 5.69 Å². The Balaban J connectivity index is 1.92. The van der Waals surface area contributed by atoms with Crippen LogP contribution in [0.25, 0.3) is 0 Å². The minimum atomic E-state index is -0.189. The number of aryl methyl sites for hydroxylation is 3. The quantitative estimate of drug-likeness (QED) is 0.915. The van der Waals surface area contributed by atoms with Crippen LogP contribution in [0.15, 0.2) is 36.4 Å². The van der Waals surface area contributed by atoms with Gasteiger partial charge in [0.2, 0.25) is 0 Å². The van der Waals surface area contributed by atoms with E-state index < -0.39 is 0 Å². The number of benzene rings is 2. The molecule has 0 aromatic heterocycles. The molecule has 4 heteroatoms. The zero-order chi connectivity index (χ0) is 15.4. The lowest BCUT2D eigenvalue weighted by atomic mass is 10.1. The molecule has 0 atom stereocenters. The van der Waals surface area contributed by atoms with Crippen molar-refractivity contribution < 1.29 is 9.53 Å². The van der Waals surface area contributed by atoms with Gasteiger partial charge in [-0.15, -0.1) is 0 Å². The molecule has 0 saturated heterocycles. The van der Waals surface area contributed by atoms with E-state index in [9.17, 15) is 4.79 Å². The maximum absolute atomic E-state index is 11.9. The predicted molar refractivity (Wildman–Crippen MR) is 86.2 cm³/mol. The molecule has 0 spiro atoms.